The van der Waals surface area contributed by atoms with E-state index in [1.54, 1.807) is 0 Å². The van der Waals surface area contributed by atoms with Gasteiger partial charge >= 0.3 is 5.97 Å². The SMILES string of the molecule is CC(C)OC(Cc1cccc2ccccc12)C(=O)O. The zero-order valence-corrected chi connectivity index (χ0v) is 11.2. The van der Waals surface area contributed by atoms with E-state index in [0.717, 1.165) is 16.3 Å². The van der Waals surface area contributed by atoms with Crippen molar-refractivity contribution in [3.05, 3.63) is 48.0 Å². The van der Waals surface area contributed by atoms with E-state index in [9.17, 15) is 9.90 Å². The van der Waals surface area contributed by atoms with Crippen LogP contribution in [0.4, 0.5) is 0 Å². The molecule has 0 amide bonds. The minimum atomic E-state index is -0.915. The molecule has 0 aliphatic heterocycles. The second-order valence-electron chi connectivity index (χ2n) is 4.85. The first-order valence-electron chi connectivity index (χ1n) is 6.43. The summed E-state index contributed by atoms with van der Waals surface area (Å²) in [6, 6.07) is 13.9. The van der Waals surface area contributed by atoms with Gasteiger partial charge in [0.25, 0.3) is 0 Å². The molecule has 3 nitrogen and oxygen atoms in total. The quantitative estimate of drug-likeness (QED) is 0.895. The summed E-state index contributed by atoms with van der Waals surface area (Å²) in [5.41, 5.74) is 1.01. The summed E-state index contributed by atoms with van der Waals surface area (Å²) in [4.78, 5) is 11.3. The minimum Gasteiger partial charge on any atom is -0.479 e. The van der Waals surface area contributed by atoms with Crippen molar-refractivity contribution >= 4 is 16.7 Å². The van der Waals surface area contributed by atoms with Crippen LogP contribution < -0.4 is 0 Å². The monoisotopic (exact) mass is 258 g/mol. The van der Waals surface area contributed by atoms with Crippen LogP contribution >= 0.6 is 0 Å². The van der Waals surface area contributed by atoms with E-state index in [0.29, 0.717) is 6.42 Å². The molecule has 0 bridgehead atoms. The van der Waals surface area contributed by atoms with E-state index in [1.807, 2.05) is 56.3 Å². The number of aliphatic carboxylic acids is 1. The molecular weight excluding hydrogens is 240 g/mol. The first kappa shape index (κ1) is 13.6. The molecule has 3 heteroatoms. The predicted octanol–water partition coefficient (Wildman–Crippen LogP) is 3.26. The van der Waals surface area contributed by atoms with Crippen molar-refractivity contribution in [3.8, 4) is 0 Å². The van der Waals surface area contributed by atoms with Crippen LogP contribution in [-0.2, 0) is 16.0 Å². The number of carboxylic acids is 1. The molecule has 0 aromatic heterocycles. The Morgan fingerprint density at radius 2 is 1.84 bits per heavy atom. The summed E-state index contributed by atoms with van der Waals surface area (Å²) in [5, 5.41) is 11.4. The van der Waals surface area contributed by atoms with Gasteiger partial charge in [-0.3, -0.25) is 0 Å². The number of hydrogen-bond donors (Lipinski definition) is 1. The summed E-state index contributed by atoms with van der Waals surface area (Å²) in [5.74, 6) is -0.915. The average Bonchev–Trinajstić information content (AvgIpc) is 2.37. The van der Waals surface area contributed by atoms with E-state index >= 15 is 0 Å². The standard InChI is InChI=1S/C16H18O3/c1-11(2)19-15(16(17)18)10-13-8-5-7-12-6-3-4-9-14(12)13/h3-9,11,15H,10H2,1-2H3,(H,17,18). The Hall–Kier alpha value is -1.87. The molecule has 0 spiro atoms. The van der Waals surface area contributed by atoms with Gasteiger partial charge < -0.3 is 9.84 Å². The Kier molecular flexibility index (Phi) is 4.17. The van der Waals surface area contributed by atoms with Crippen molar-refractivity contribution in [3.63, 3.8) is 0 Å². The first-order valence-corrected chi connectivity index (χ1v) is 6.43. The molecule has 2 aromatic rings. The summed E-state index contributed by atoms with van der Waals surface area (Å²) in [7, 11) is 0. The van der Waals surface area contributed by atoms with Crippen molar-refractivity contribution in [2.75, 3.05) is 0 Å². The summed E-state index contributed by atoms with van der Waals surface area (Å²) >= 11 is 0. The van der Waals surface area contributed by atoms with Gasteiger partial charge in [-0.25, -0.2) is 4.79 Å². The number of fused-ring (bicyclic) bond motifs is 1. The Labute approximate surface area is 112 Å². The van der Waals surface area contributed by atoms with Crippen LogP contribution in [0.1, 0.15) is 19.4 Å². The highest BCUT2D eigenvalue weighted by Crippen LogP contribution is 2.20. The van der Waals surface area contributed by atoms with Gasteiger partial charge in [-0.2, -0.15) is 0 Å². The van der Waals surface area contributed by atoms with Gasteiger partial charge in [-0.05, 0) is 30.2 Å². The highest BCUT2D eigenvalue weighted by atomic mass is 16.5. The van der Waals surface area contributed by atoms with Crippen LogP contribution in [0.15, 0.2) is 42.5 Å². The van der Waals surface area contributed by atoms with E-state index in [1.165, 1.54) is 0 Å². The lowest BCUT2D eigenvalue weighted by molar-refractivity contribution is -0.153. The maximum atomic E-state index is 11.3. The van der Waals surface area contributed by atoms with Crippen molar-refractivity contribution in [1.82, 2.24) is 0 Å². The maximum absolute atomic E-state index is 11.3. The van der Waals surface area contributed by atoms with Crippen LogP contribution in [0.5, 0.6) is 0 Å². The average molecular weight is 258 g/mol. The first-order chi connectivity index (χ1) is 9.08. The van der Waals surface area contributed by atoms with Crippen molar-refractivity contribution in [2.45, 2.75) is 32.5 Å². The zero-order valence-electron chi connectivity index (χ0n) is 11.2. The molecule has 0 aliphatic carbocycles. The third-order valence-corrected chi connectivity index (χ3v) is 3.00. The van der Waals surface area contributed by atoms with Gasteiger partial charge in [0, 0.05) is 6.42 Å². The fourth-order valence-corrected chi connectivity index (χ4v) is 2.19. The molecule has 1 atom stereocenters. The summed E-state index contributed by atoms with van der Waals surface area (Å²) in [6.45, 7) is 3.69. The van der Waals surface area contributed by atoms with Crippen molar-refractivity contribution < 1.29 is 14.6 Å². The second-order valence-corrected chi connectivity index (χ2v) is 4.85. The largest absolute Gasteiger partial charge is 0.479 e. The van der Waals surface area contributed by atoms with Crippen LogP contribution in [0.2, 0.25) is 0 Å². The lowest BCUT2D eigenvalue weighted by Gasteiger charge is -2.17. The van der Waals surface area contributed by atoms with Gasteiger partial charge in [-0.1, -0.05) is 42.5 Å². The molecule has 0 heterocycles. The predicted molar refractivity (Wildman–Crippen MR) is 75.3 cm³/mol. The Balaban J connectivity index is 2.31. The molecule has 0 radical (unpaired) electrons. The smallest absolute Gasteiger partial charge is 0.333 e. The topological polar surface area (TPSA) is 46.5 Å². The highest BCUT2D eigenvalue weighted by molar-refractivity contribution is 5.86. The number of benzene rings is 2. The van der Waals surface area contributed by atoms with Crippen LogP contribution in [0.25, 0.3) is 10.8 Å². The highest BCUT2D eigenvalue weighted by Gasteiger charge is 2.20. The maximum Gasteiger partial charge on any atom is 0.333 e. The van der Waals surface area contributed by atoms with Crippen molar-refractivity contribution in [1.29, 1.82) is 0 Å². The molecule has 100 valence electrons. The number of ether oxygens (including phenoxy) is 1. The fraction of sp³-hybridized carbons (Fsp3) is 0.312. The van der Waals surface area contributed by atoms with Crippen LogP contribution in [0.3, 0.4) is 0 Å². The number of rotatable bonds is 5. The molecular formula is C16H18O3. The van der Waals surface area contributed by atoms with E-state index in [4.69, 9.17) is 4.74 Å². The number of carbonyl (C=O) groups is 1. The number of carboxylic acid groups (broad SMARTS) is 1. The third kappa shape index (κ3) is 3.32. The van der Waals surface area contributed by atoms with Gasteiger partial charge in [0.15, 0.2) is 6.10 Å². The summed E-state index contributed by atoms with van der Waals surface area (Å²) in [6.07, 6.45) is -0.517. The third-order valence-electron chi connectivity index (χ3n) is 3.00. The number of hydrogen-bond acceptors (Lipinski definition) is 2. The van der Waals surface area contributed by atoms with Gasteiger partial charge in [-0.15, -0.1) is 0 Å². The van der Waals surface area contributed by atoms with Gasteiger partial charge in [0.05, 0.1) is 6.10 Å². The Bertz CT molecular complexity index is 570. The molecule has 0 aliphatic rings. The van der Waals surface area contributed by atoms with Crippen molar-refractivity contribution in [2.24, 2.45) is 0 Å². The summed E-state index contributed by atoms with van der Waals surface area (Å²) < 4.78 is 5.47. The Morgan fingerprint density at radius 1 is 1.16 bits per heavy atom. The van der Waals surface area contributed by atoms with E-state index in [-0.39, 0.29) is 6.10 Å². The molecule has 0 saturated carbocycles. The van der Waals surface area contributed by atoms with E-state index in [2.05, 4.69) is 0 Å². The lowest BCUT2D eigenvalue weighted by Crippen LogP contribution is -2.29. The molecule has 1 unspecified atom stereocenters. The second kappa shape index (κ2) is 5.85. The van der Waals surface area contributed by atoms with Gasteiger partial charge in [0.1, 0.15) is 0 Å². The fourth-order valence-electron chi connectivity index (χ4n) is 2.19. The molecule has 1 N–H and O–H groups in total. The molecule has 2 aromatic carbocycles. The molecule has 0 fully saturated rings. The molecule has 0 saturated heterocycles. The normalized spacial score (nSPS) is 12.8. The van der Waals surface area contributed by atoms with Crippen LogP contribution in [-0.4, -0.2) is 23.3 Å². The lowest BCUT2D eigenvalue weighted by atomic mass is 10.00. The van der Waals surface area contributed by atoms with Gasteiger partial charge in [0.2, 0.25) is 0 Å². The minimum absolute atomic E-state index is 0.101. The zero-order chi connectivity index (χ0) is 13.8. The molecule has 2 rings (SSSR count). The Morgan fingerprint density at radius 3 is 2.53 bits per heavy atom. The molecule has 19 heavy (non-hydrogen) atoms. The van der Waals surface area contributed by atoms with Crippen LogP contribution in [0, 0.1) is 0 Å². The van der Waals surface area contributed by atoms with E-state index < -0.39 is 12.1 Å².